The number of benzene rings is 2. The summed E-state index contributed by atoms with van der Waals surface area (Å²) in [5.41, 5.74) is 0.946. The molecule has 176 valence electrons. The summed E-state index contributed by atoms with van der Waals surface area (Å²) < 4.78 is 13.1. The second-order valence-electron chi connectivity index (χ2n) is 8.46. The highest BCUT2D eigenvalue weighted by Crippen LogP contribution is 2.43. The molecule has 5 rings (SSSR count). The van der Waals surface area contributed by atoms with Crippen LogP contribution in [0.1, 0.15) is 42.2 Å². The third-order valence-corrected chi connectivity index (χ3v) is 6.36. The van der Waals surface area contributed by atoms with Crippen LogP contribution in [-0.2, 0) is 16.0 Å². The van der Waals surface area contributed by atoms with Gasteiger partial charge in [0.25, 0.3) is 5.56 Å². The predicted octanol–water partition coefficient (Wildman–Crippen LogP) is 1.80. The number of aromatic nitrogens is 2. The number of rotatable bonds is 5. The van der Waals surface area contributed by atoms with E-state index in [4.69, 9.17) is 9.47 Å². The van der Waals surface area contributed by atoms with Gasteiger partial charge in [0.2, 0.25) is 5.91 Å². The number of para-hydroxylation sites is 2. The molecule has 3 atom stereocenters. The van der Waals surface area contributed by atoms with E-state index in [1.54, 1.807) is 0 Å². The fourth-order valence-electron chi connectivity index (χ4n) is 4.56. The maximum absolute atomic E-state index is 13.3. The number of H-pyrrole nitrogens is 1. The van der Waals surface area contributed by atoms with Crippen molar-refractivity contribution in [3.05, 3.63) is 92.3 Å². The number of nitrogens with one attached hydrogen (secondary N) is 2. The van der Waals surface area contributed by atoms with Crippen molar-refractivity contribution in [3.63, 3.8) is 0 Å². The second kappa shape index (κ2) is 8.92. The van der Waals surface area contributed by atoms with Crippen LogP contribution >= 0.6 is 0 Å². The third kappa shape index (κ3) is 3.93. The molecule has 34 heavy (non-hydrogen) atoms. The molecule has 1 saturated heterocycles. The summed E-state index contributed by atoms with van der Waals surface area (Å²) in [5, 5.41) is 13.4. The Morgan fingerprint density at radius 3 is 2.41 bits per heavy atom. The number of amides is 1. The SMILES string of the molecule is CCc1cn([C@@H]2CC(O)[C@H](CNC(=O)C3c4ccccc4Oc4ccccc43)O2)c(=O)[nH]c1=O. The van der Waals surface area contributed by atoms with E-state index in [2.05, 4.69) is 10.3 Å². The van der Waals surface area contributed by atoms with Crippen molar-refractivity contribution in [2.24, 2.45) is 0 Å². The summed E-state index contributed by atoms with van der Waals surface area (Å²) in [7, 11) is 0. The minimum absolute atomic E-state index is 0.0664. The molecule has 0 radical (unpaired) electrons. The van der Waals surface area contributed by atoms with E-state index < -0.39 is 35.6 Å². The summed E-state index contributed by atoms with van der Waals surface area (Å²) in [6.07, 6.45) is -0.241. The molecule has 1 unspecified atom stereocenters. The molecule has 2 aliphatic heterocycles. The number of ether oxygens (including phenoxy) is 2. The fourth-order valence-corrected chi connectivity index (χ4v) is 4.56. The molecular formula is C25H25N3O6. The summed E-state index contributed by atoms with van der Waals surface area (Å²) in [6.45, 7) is 1.88. The van der Waals surface area contributed by atoms with Gasteiger partial charge in [-0.15, -0.1) is 0 Å². The normalized spacial score (nSPS) is 21.4. The van der Waals surface area contributed by atoms with Crippen LogP contribution in [0, 0.1) is 0 Å². The average molecular weight is 463 g/mol. The van der Waals surface area contributed by atoms with Crippen molar-refractivity contribution in [3.8, 4) is 11.5 Å². The highest BCUT2D eigenvalue weighted by molar-refractivity contribution is 5.89. The summed E-state index contributed by atoms with van der Waals surface area (Å²) in [6, 6.07) is 14.8. The van der Waals surface area contributed by atoms with Crippen LogP contribution in [-0.4, -0.2) is 39.3 Å². The Bertz CT molecular complexity index is 1300. The summed E-state index contributed by atoms with van der Waals surface area (Å²) in [5.74, 6) is 0.451. The van der Waals surface area contributed by atoms with Crippen LogP contribution in [0.15, 0.2) is 64.3 Å². The number of hydrogen-bond acceptors (Lipinski definition) is 6. The van der Waals surface area contributed by atoms with Crippen molar-refractivity contribution < 1.29 is 19.4 Å². The van der Waals surface area contributed by atoms with Gasteiger partial charge < -0.3 is 19.9 Å². The Labute approximate surface area is 195 Å². The Morgan fingerprint density at radius 2 is 1.76 bits per heavy atom. The molecule has 1 fully saturated rings. The number of carbonyl (C=O) groups is 1. The molecule has 0 aliphatic carbocycles. The second-order valence-corrected chi connectivity index (χ2v) is 8.46. The van der Waals surface area contributed by atoms with Crippen LogP contribution < -0.4 is 21.3 Å². The highest BCUT2D eigenvalue weighted by atomic mass is 16.5. The van der Waals surface area contributed by atoms with Crippen LogP contribution in [0.2, 0.25) is 0 Å². The molecule has 0 saturated carbocycles. The van der Waals surface area contributed by atoms with Crippen molar-refractivity contribution >= 4 is 5.91 Å². The van der Waals surface area contributed by atoms with Gasteiger partial charge in [-0.2, -0.15) is 0 Å². The molecular weight excluding hydrogens is 438 g/mol. The van der Waals surface area contributed by atoms with E-state index in [1.807, 2.05) is 55.5 Å². The summed E-state index contributed by atoms with van der Waals surface area (Å²) in [4.78, 5) is 39.7. The Balaban J connectivity index is 1.33. The van der Waals surface area contributed by atoms with Crippen LogP contribution in [0.25, 0.3) is 0 Å². The predicted molar refractivity (Wildman–Crippen MR) is 123 cm³/mol. The van der Waals surface area contributed by atoms with Gasteiger partial charge in [-0.3, -0.25) is 19.1 Å². The van der Waals surface area contributed by atoms with Gasteiger partial charge in [-0.1, -0.05) is 43.3 Å². The molecule has 9 heteroatoms. The van der Waals surface area contributed by atoms with Crippen LogP contribution in [0.3, 0.4) is 0 Å². The molecule has 0 spiro atoms. The van der Waals surface area contributed by atoms with Gasteiger partial charge in [0.05, 0.1) is 12.0 Å². The lowest BCUT2D eigenvalue weighted by molar-refractivity contribution is -0.123. The van der Waals surface area contributed by atoms with Gasteiger partial charge in [0.1, 0.15) is 23.8 Å². The first kappa shape index (κ1) is 22.1. The quantitative estimate of drug-likeness (QED) is 0.530. The maximum Gasteiger partial charge on any atom is 0.330 e. The van der Waals surface area contributed by atoms with E-state index in [0.29, 0.717) is 23.5 Å². The zero-order valence-corrected chi connectivity index (χ0v) is 18.6. The highest BCUT2D eigenvalue weighted by Gasteiger charge is 2.37. The van der Waals surface area contributed by atoms with E-state index in [-0.39, 0.29) is 18.9 Å². The van der Waals surface area contributed by atoms with Crippen molar-refractivity contribution in [2.75, 3.05) is 6.54 Å². The molecule has 1 aromatic heterocycles. The maximum atomic E-state index is 13.3. The number of aliphatic hydroxyl groups excluding tert-OH is 1. The van der Waals surface area contributed by atoms with Gasteiger partial charge in [0.15, 0.2) is 0 Å². The molecule has 0 bridgehead atoms. The van der Waals surface area contributed by atoms with Crippen molar-refractivity contribution in [2.45, 2.75) is 44.1 Å². The molecule has 1 amide bonds. The third-order valence-electron chi connectivity index (χ3n) is 6.36. The molecule has 3 aromatic rings. The number of carbonyl (C=O) groups excluding carboxylic acids is 1. The van der Waals surface area contributed by atoms with Gasteiger partial charge in [0, 0.05) is 35.9 Å². The number of aromatic amines is 1. The van der Waals surface area contributed by atoms with E-state index in [1.165, 1.54) is 10.8 Å². The van der Waals surface area contributed by atoms with E-state index >= 15 is 0 Å². The zero-order chi connectivity index (χ0) is 23.8. The fraction of sp³-hybridized carbons (Fsp3) is 0.320. The van der Waals surface area contributed by atoms with E-state index in [9.17, 15) is 19.5 Å². The average Bonchev–Trinajstić information content (AvgIpc) is 3.21. The molecule has 3 heterocycles. The molecule has 2 aliphatic rings. The van der Waals surface area contributed by atoms with Gasteiger partial charge in [-0.25, -0.2) is 4.79 Å². The van der Waals surface area contributed by atoms with Gasteiger partial charge >= 0.3 is 5.69 Å². The first-order valence-electron chi connectivity index (χ1n) is 11.3. The van der Waals surface area contributed by atoms with Crippen molar-refractivity contribution in [1.29, 1.82) is 0 Å². The number of fused-ring (bicyclic) bond motifs is 2. The standard InChI is InChI=1S/C25H25N3O6/c1-2-14-13-28(25(32)27-23(14)30)21-11-17(29)20(34-21)12-26-24(31)22-15-7-3-5-9-18(15)33-19-10-6-4-8-16(19)22/h3-10,13,17,20-22,29H,2,11-12H2,1H3,(H,26,31)(H,27,30,32)/t17?,20-,21-/m0/s1. The monoisotopic (exact) mass is 463 g/mol. The lowest BCUT2D eigenvalue weighted by Gasteiger charge is -2.28. The van der Waals surface area contributed by atoms with Crippen LogP contribution in [0.5, 0.6) is 11.5 Å². The topological polar surface area (TPSA) is 123 Å². The van der Waals surface area contributed by atoms with Gasteiger partial charge in [-0.05, 0) is 18.6 Å². The molecule has 9 nitrogen and oxygen atoms in total. The number of aliphatic hydroxyl groups is 1. The largest absolute Gasteiger partial charge is 0.457 e. The summed E-state index contributed by atoms with van der Waals surface area (Å²) >= 11 is 0. The Kier molecular flexibility index (Phi) is 5.80. The lowest BCUT2D eigenvalue weighted by atomic mass is 9.87. The minimum Gasteiger partial charge on any atom is -0.457 e. The van der Waals surface area contributed by atoms with Crippen LogP contribution in [0.4, 0.5) is 0 Å². The Hall–Kier alpha value is -3.69. The number of nitrogens with zero attached hydrogens (tertiary/aromatic N) is 1. The zero-order valence-electron chi connectivity index (χ0n) is 18.6. The smallest absolute Gasteiger partial charge is 0.330 e. The Morgan fingerprint density at radius 1 is 1.12 bits per heavy atom. The first-order chi connectivity index (χ1) is 16.5. The number of aryl methyl sites for hydroxylation is 1. The lowest BCUT2D eigenvalue weighted by Crippen LogP contribution is -2.40. The minimum atomic E-state index is -0.886. The van der Waals surface area contributed by atoms with E-state index in [0.717, 1.165) is 11.1 Å². The molecule has 3 N–H and O–H groups in total. The van der Waals surface area contributed by atoms with Crippen molar-refractivity contribution in [1.82, 2.24) is 14.9 Å². The first-order valence-corrected chi connectivity index (χ1v) is 11.3. The number of hydrogen-bond donors (Lipinski definition) is 3. The molecule has 2 aromatic carbocycles.